The number of para-hydroxylation sites is 1. The van der Waals surface area contributed by atoms with Crippen LogP contribution in [0.2, 0.25) is 0 Å². The normalized spacial score (nSPS) is 10.8. The summed E-state index contributed by atoms with van der Waals surface area (Å²) < 4.78 is 1.92. The molecule has 0 atom stereocenters. The third-order valence-corrected chi connectivity index (χ3v) is 2.92. The molecule has 2 N–H and O–H groups in total. The van der Waals surface area contributed by atoms with Crippen LogP contribution >= 0.6 is 0 Å². The molecule has 1 aromatic heterocycles. The number of nitrogens with one attached hydrogen (secondary N) is 1. The molecule has 4 heteroatoms. The predicted molar refractivity (Wildman–Crippen MR) is 71.5 cm³/mol. The second-order valence-electron chi connectivity index (χ2n) is 4.54. The van der Waals surface area contributed by atoms with Crippen LogP contribution < -0.4 is 5.32 Å². The van der Waals surface area contributed by atoms with Crippen LogP contribution in [-0.4, -0.2) is 21.4 Å². The van der Waals surface area contributed by atoms with Crippen LogP contribution in [0.25, 0.3) is 0 Å². The molecule has 0 amide bonds. The fourth-order valence-corrected chi connectivity index (χ4v) is 1.87. The summed E-state index contributed by atoms with van der Waals surface area (Å²) >= 11 is 0. The molecule has 96 valence electrons. The lowest BCUT2D eigenvalue weighted by molar-refractivity contribution is 0.458. The van der Waals surface area contributed by atoms with Crippen molar-refractivity contribution in [1.82, 2.24) is 15.1 Å². The lowest BCUT2D eigenvalue weighted by Crippen LogP contribution is -2.19. The Hall–Kier alpha value is -1.81. The topological polar surface area (TPSA) is 50.1 Å². The van der Waals surface area contributed by atoms with Crippen molar-refractivity contribution in [3.63, 3.8) is 0 Å². The Labute approximate surface area is 107 Å². The van der Waals surface area contributed by atoms with Crippen molar-refractivity contribution in [2.75, 3.05) is 6.54 Å². The van der Waals surface area contributed by atoms with E-state index in [0.717, 1.165) is 24.2 Å². The molecule has 0 aliphatic heterocycles. The van der Waals surface area contributed by atoms with Crippen LogP contribution in [0.4, 0.5) is 0 Å². The molecular weight excluding hydrogens is 226 g/mol. The van der Waals surface area contributed by atoms with Gasteiger partial charge in [-0.2, -0.15) is 5.10 Å². The fraction of sp³-hybridized carbons (Fsp3) is 0.357. The second-order valence-corrected chi connectivity index (χ2v) is 4.54. The SMILES string of the molecule is Cc1cnn(CCNCc2cccc(C)c2O)c1. The highest BCUT2D eigenvalue weighted by Crippen LogP contribution is 2.20. The van der Waals surface area contributed by atoms with Gasteiger partial charge in [0.2, 0.25) is 0 Å². The van der Waals surface area contributed by atoms with Gasteiger partial charge in [-0.15, -0.1) is 0 Å². The number of hydrogen-bond donors (Lipinski definition) is 2. The van der Waals surface area contributed by atoms with Crippen LogP contribution in [-0.2, 0) is 13.1 Å². The number of benzene rings is 1. The van der Waals surface area contributed by atoms with Gasteiger partial charge in [0.05, 0.1) is 12.7 Å². The van der Waals surface area contributed by atoms with E-state index in [0.29, 0.717) is 12.3 Å². The number of aryl methyl sites for hydroxylation is 2. The highest BCUT2D eigenvalue weighted by Gasteiger charge is 2.02. The first-order chi connectivity index (χ1) is 8.66. The van der Waals surface area contributed by atoms with E-state index in [1.165, 1.54) is 5.56 Å². The zero-order chi connectivity index (χ0) is 13.0. The van der Waals surface area contributed by atoms with Crippen molar-refractivity contribution in [3.05, 3.63) is 47.3 Å². The molecule has 0 saturated carbocycles. The summed E-state index contributed by atoms with van der Waals surface area (Å²) in [6.45, 7) is 6.27. The smallest absolute Gasteiger partial charge is 0.122 e. The molecule has 0 aliphatic rings. The van der Waals surface area contributed by atoms with E-state index in [-0.39, 0.29) is 0 Å². The molecule has 0 fully saturated rings. The molecule has 0 radical (unpaired) electrons. The van der Waals surface area contributed by atoms with Gasteiger partial charge in [-0.25, -0.2) is 0 Å². The summed E-state index contributed by atoms with van der Waals surface area (Å²) in [6.07, 6.45) is 3.87. The van der Waals surface area contributed by atoms with Crippen LogP contribution in [0, 0.1) is 13.8 Å². The highest BCUT2D eigenvalue weighted by atomic mass is 16.3. The quantitative estimate of drug-likeness (QED) is 0.792. The molecule has 0 bridgehead atoms. The number of nitrogens with zero attached hydrogens (tertiary/aromatic N) is 2. The Bertz CT molecular complexity index is 520. The number of rotatable bonds is 5. The lowest BCUT2D eigenvalue weighted by Gasteiger charge is -2.08. The van der Waals surface area contributed by atoms with E-state index >= 15 is 0 Å². The maximum absolute atomic E-state index is 9.86. The van der Waals surface area contributed by atoms with Crippen molar-refractivity contribution >= 4 is 0 Å². The first-order valence-electron chi connectivity index (χ1n) is 6.14. The minimum atomic E-state index is 0.389. The van der Waals surface area contributed by atoms with E-state index < -0.39 is 0 Å². The first kappa shape index (κ1) is 12.6. The van der Waals surface area contributed by atoms with Gasteiger partial charge in [-0.05, 0) is 25.0 Å². The van der Waals surface area contributed by atoms with Gasteiger partial charge >= 0.3 is 0 Å². The fourth-order valence-electron chi connectivity index (χ4n) is 1.87. The number of phenolic OH excluding ortho intramolecular Hbond substituents is 1. The average Bonchev–Trinajstić information content (AvgIpc) is 2.76. The van der Waals surface area contributed by atoms with Gasteiger partial charge in [0, 0.05) is 24.8 Å². The van der Waals surface area contributed by atoms with Crippen molar-refractivity contribution in [2.24, 2.45) is 0 Å². The molecule has 2 aromatic rings. The van der Waals surface area contributed by atoms with Crippen LogP contribution in [0.5, 0.6) is 5.75 Å². The molecule has 0 aliphatic carbocycles. The Balaban J connectivity index is 1.80. The molecule has 4 nitrogen and oxygen atoms in total. The Morgan fingerprint density at radius 2 is 2.17 bits per heavy atom. The maximum atomic E-state index is 9.86. The van der Waals surface area contributed by atoms with Gasteiger partial charge in [0.25, 0.3) is 0 Å². The van der Waals surface area contributed by atoms with Gasteiger partial charge in [0.15, 0.2) is 0 Å². The molecular formula is C14H19N3O. The summed E-state index contributed by atoms with van der Waals surface area (Å²) in [4.78, 5) is 0. The minimum absolute atomic E-state index is 0.389. The average molecular weight is 245 g/mol. The molecule has 1 heterocycles. The Kier molecular flexibility index (Phi) is 3.99. The zero-order valence-electron chi connectivity index (χ0n) is 10.8. The van der Waals surface area contributed by atoms with E-state index in [4.69, 9.17) is 0 Å². The molecule has 1 aromatic carbocycles. The number of aromatic hydroxyl groups is 1. The predicted octanol–water partition coefficient (Wildman–Crippen LogP) is 2.00. The zero-order valence-corrected chi connectivity index (χ0v) is 10.8. The van der Waals surface area contributed by atoms with Gasteiger partial charge < -0.3 is 10.4 Å². The largest absolute Gasteiger partial charge is 0.507 e. The number of aromatic nitrogens is 2. The molecule has 0 saturated heterocycles. The highest BCUT2D eigenvalue weighted by molar-refractivity contribution is 5.39. The lowest BCUT2D eigenvalue weighted by atomic mass is 10.1. The van der Waals surface area contributed by atoms with Crippen molar-refractivity contribution in [1.29, 1.82) is 0 Å². The van der Waals surface area contributed by atoms with Crippen molar-refractivity contribution < 1.29 is 5.11 Å². The summed E-state index contributed by atoms with van der Waals surface area (Å²) in [5, 5.41) is 17.4. The Morgan fingerprint density at radius 1 is 1.33 bits per heavy atom. The minimum Gasteiger partial charge on any atom is -0.507 e. The van der Waals surface area contributed by atoms with Crippen LogP contribution in [0.15, 0.2) is 30.6 Å². The van der Waals surface area contributed by atoms with Gasteiger partial charge in [-0.1, -0.05) is 18.2 Å². The molecule has 2 rings (SSSR count). The van der Waals surface area contributed by atoms with E-state index in [1.54, 1.807) is 0 Å². The third-order valence-electron chi connectivity index (χ3n) is 2.92. The second kappa shape index (κ2) is 5.69. The Morgan fingerprint density at radius 3 is 2.89 bits per heavy atom. The van der Waals surface area contributed by atoms with E-state index in [1.807, 2.05) is 49.1 Å². The summed E-state index contributed by atoms with van der Waals surface area (Å²) in [7, 11) is 0. The summed E-state index contributed by atoms with van der Waals surface area (Å²) in [5.74, 6) is 0.389. The molecule has 18 heavy (non-hydrogen) atoms. The molecule has 0 unspecified atom stereocenters. The number of hydrogen-bond acceptors (Lipinski definition) is 3. The van der Waals surface area contributed by atoms with Crippen molar-refractivity contribution in [2.45, 2.75) is 26.9 Å². The molecule has 0 spiro atoms. The monoisotopic (exact) mass is 245 g/mol. The van der Waals surface area contributed by atoms with E-state index in [2.05, 4.69) is 10.4 Å². The van der Waals surface area contributed by atoms with Crippen molar-refractivity contribution in [3.8, 4) is 5.75 Å². The summed E-state index contributed by atoms with van der Waals surface area (Å²) in [6, 6.07) is 5.81. The maximum Gasteiger partial charge on any atom is 0.122 e. The van der Waals surface area contributed by atoms with Crippen LogP contribution in [0.3, 0.4) is 0 Å². The van der Waals surface area contributed by atoms with E-state index in [9.17, 15) is 5.11 Å². The van der Waals surface area contributed by atoms with Gasteiger partial charge in [-0.3, -0.25) is 4.68 Å². The first-order valence-corrected chi connectivity index (χ1v) is 6.14. The third kappa shape index (κ3) is 3.11. The standard InChI is InChI=1S/C14H19N3O/c1-11-8-16-17(10-11)7-6-15-9-13-5-3-4-12(2)14(13)18/h3-5,8,10,15,18H,6-7,9H2,1-2H3. The van der Waals surface area contributed by atoms with Gasteiger partial charge in [0.1, 0.15) is 5.75 Å². The number of phenols is 1. The summed E-state index contributed by atoms with van der Waals surface area (Å²) in [5.41, 5.74) is 3.02. The van der Waals surface area contributed by atoms with Crippen LogP contribution in [0.1, 0.15) is 16.7 Å².